The lowest BCUT2D eigenvalue weighted by atomic mass is 9.80. The number of hydrogen-bond donors (Lipinski definition) is 3. The summed E-state index contributed by atoms with van der Waals surface area (Å²) in [6.45, 7) is 5.74. The zero-order valence-electron chi connectivity index (χ0n) is 35.7. The first kappa shape index (κ1) is 46.0. The van der Waals surface area contributed by atoms with Crippen LogP contribution in [-0.4, -0.2) is 25.2 Å². The van der Waals surface area contributed by atoms with Crippen LogP contribution >= 0.6 is 0 Å². The van der Waals surface area contributed by atoms with Gasteiger partial charge in [0.25, 0.3) is 0 Å². The molecule has 3 heterocycles. The average molecular weight is 796 g/mol. The summed E-state index contributed by atoms with van der Waals surface area (Å²) >= 11 is 0. The second kappa shape index (κ2) is 27.1. The Bertz CT molecular complexity index is 1620. The van der Waals surface area contributed by atoms with E-state index in [2.05, 4.69) is 19.2 Å². The number of anilines is 2. The van der Waals surface area contributed by atoms with Gasteiger partial charge in [-0.15, -0.1) is 0 Å². The monoisotopic (exact) mass is 796 g/mol. The number of carbonyl (C=O) groups excluding carboxylic acids is 2. The molecule has 316 valence electrons. The maximum Gasteiger partial charge on any atom is 0.337 e. The minimum atomic E-state index is -0.726. The average Bonchev–Trinajstić information content (AvgIpc) is 3.22. The number of allylic oxidation sites excluding steroid dienone is 2. The number of nitrogens with one attached hydrogen (secondary N) is 1. The molecule has 9 nitrogen and oxygen atoms in total. The summed E-state index contributed by atoms with van der Waals surface area (Å²) in [7, 11) is 0. The van der Waals surface area contributed by atoms with Crippen molar-refractivity contribution in [3.05, 3.63) is 107 Å². The fourth-order valence-corrected chi connectivity index (χ4v) is 7.83. The van der Waals surface area contributed by atoms with Crippen molar-refractivity contribution in [1.82, 2.24) is 5.32 Å². The van der Waals surface area contributed by atoms with Crippen LogP contribution in [0.4, 0.5) is 11.4 Å². The van der Waals surface area contributed by atoms with E-state index in [1.54, 1.807) is 0 Å². The van der Waals surface area contributed by atoms with Gasteiger partial charge in [0.2, 0.25) is 0 Å². The summed E-state index contributed by atoms with van der Waals surface area (Å²) in [5.41, 5.74) is 16.5. The lowest BCUT2D eigenvalue weighted by Crippen LogP contribution is -2.46. The largest absolute Gasteiger partial charge is 0.462 e. The molecule has 0 atom stereocenters. The molecule has 0 amide bonds. The van der Waals surface area contributed by atoms with E-state index >= 15 is 0 Å². The number of carbonyl (C=O) groups is 2. The molecule has 0 saturated heterocycles. The maximum atomic E-state index is 14.5. The van der Waals surface area contributed by atoms with E-state index in [1.165, 1.54) is 89.9 Å². The van der Waals surface area contributed by atoms with Gasteiger partial charge in [-0.25, -0.2) is 9.59 Å². The molecule has 0 spiro atoms. The van der Waals surface area contributed by atoms with Gasteiger partial charge in [-0.3, -0.25) is 0 Å². The molecule has 1 aliphatic rings. The van der Waals surface area contributed by atoms with E-state index < -0.39 is 17.9 Å². The van der Waals surface area contributed by atoms with Gasteiger partial charge in [0.05, 0.1) is 53.0 Å². The van der Waals surface area contributed by atoms with Gasteiger partial charge in [0.15, 0.2) is 37.9 Å². The normalized spacial score (nSPS) is 13.1. The van der Waals surface area contributed by atoms with Crippen LogP contribution in [0.5, 0.6) is 0 Å². The first-order valence-electron chi connectivity index (χ1n) is 22.5. The molecule has 2 aromatic heterocycles. The smallest absolute Gasteiger partial charge is 0.337 e. The number of aromatic nitrogens is 2. The molecule has 0 unspecified atom stereocenters. The maximum absolute atomic E-state index is 14.5. The molecule has 0 bridgehead atoms. The number of ether oxygens (including phenoxy) is 2. The number of rotatable bonds is 29. The predicted octanol–water partition coefficient (Wildman–Crippen LogP) is 9.95. The van der Waals surface area contributed by atoms with Gasteiger partial charge in [-0.2, -0.15) is 9.13 Å². The molecule has 0 radical (unpaired) electrons. The zero-order chi connectivity index (χ0) is 41.2. The van der Waals surface area contributed by atoms with Crippen molar-refractivity contribution in [2.45, 2.75) is 161 Å². The summed E-state index contributed by atoms with van der Waals surface area (Å²) in [6.07, 6.45) is 31.3. The van der Waals surface area contributed by atoms with Crippen LogP contribution in [0.1, 0.15) is 154 Å². The number of nitrogens with zero attached hydrogens (tertiary/aromatic N) is 2. The standard InChI is InChI=1S/C49H72N5O4/c1-3-5-7-9-11-13-15-17-19-24-34-57-48(55)46-43(38-53-32-26-30-41(50)36-53)52-44(39-54-33-27-31-42(51)37-54)47(45(46)40-28-22-21-23-29-40)49(56)58-35-25-20-18-16-14-12-10-8-6-4-2/h21-23,26-33,36-37,45H,3-20,24-25,34-35,38-39,50-51H2,1-2H3/q+1/p+1. The van der Waals surface area contributed by atoms with Gasteiger partial charge >= 0.3 is 11.9 Å². The molecule has 3 aromatic rings. The molecular formula is C49H73N5O4+2. The molecular weight excluding hydrogens is 723 g/mol. The van der Waals surface area contributed by atoms with Crippen LogP contribution < -0.4 is 25.9 Å². The Balaban J connectivity index is 1.57. The van der Waals surface area contributed by atoms with Crippen LogP contribution in [-0.2, 0) is 32.2 Å². The van der Waals surface area contributed by atoms with Crippen LogP contribution in [0.15, 0.2) is 102 Å². The number of unbranched alkanes of at least 4 members (excludes halogenated alkanes) is 18. The predicted molar refractivity (Wildman–Crippen MR) is 234 cm³/mol. The van der Waals surface area contributed by atoms with Crippen molar-refractivity contribution >= 4 is 23.3 Å². The lowest BCUT2D eigenvalue weighted by Gasteiger charge is -2.31. The number of pyridine rings is 2. The molecule has 0 saturated carbocycles. The Hall–Kier alpha value is -4.66. The van der Waals surface area contributed by atoms with E-state index in [9.17, 15) is 9.59 Å². The number of hydrogen-bond acceptors (Lipinski definition) is 7. The molecule has 0 fully saturated rings. The van der Waals surface area contributed by atoms with E-state index in [1.807, 2.05) is 88.5 Å². The third-order valence-corrected chi connectivity index (χ3v) is 11.0. The topological polar surface area (TPSA) is 124 Å². The Morgan fingerprint density at radius 3 is 1.29 bits per heavy atom. The number of nitrogen functional groups attached to an aromatic ring is 2. The van der Waals surface area contributed by atoms with E-state index in [0.717, 1.165) is 44.1 Å². The summed E-state index contributed by atoms with van der Waals surface area (Å²) in [4.78, 5) is 29.0. The van der Waals surface area contributed by atoms with E-state index in [4.69, 9.17) is 20.9 Å². The number of dihydropyridines is 1. The Morgan fingerprint density at radius 2 is 0.914 bits per heavy atom. The minimum Gasteiger partial charge on any atom is -0.462 e. The highest BCUT2D eigenvalue weighted by Crippen LogP contribution is 2.40. The fourth-order valence-electron chi connectivity index (χ4n) is 7.83. The van der Waals surface area contributed by atoms with Crippen LogP contribution in [0.2, 0.25) is 0 Å². The quantitative estimate of drug-likeness (QED) is 0.0363. The highest BCUT2D eigenvalue weighted by Gasteiger charge is 2.42. The van der Waals surface area contributed by atoms with Crippen LogP contribution in [0, 0.1) is 0 Å². The van der Waals surface area contributed by atoms with Crippen molar-refractivity contribution in [3.63, 3.8) is 0 Å². The third kappa shape index (κ3) is 16.3. The van der Waals surface area contributed by atoms with Crippen molar-refractivity contribution in [1.29, 1.82) is 0 Å². The van der Waals surface area contributed by atoms with Gasteiger partial charge < -0.3 is 26.3 Å². The van der Waals surface area contributed by atoms with Gasteiger partial charge in [0, 0.05) is 12.1 Å². The molecule has 1 aromatic carbocycles. The summed E-state index contributed by atoms with van der Waals surface area (Å²) in [6, 6.07) is 17.2. The zero-order valence-corrected chi connectivity index (χ0v) is 35.7. The summed E-state index contributed by atoms with van der Waals surface area (Å²) < 4.78 is 16.1. The fraction of sp³-hybridized carbons (Fsp3) is 0.551. The molecule has 0 aliphatic carbocycles. The Labute approximate surface area is 349 Å². The van der Waals surface area contributed by atoms with Crippen molar-refractivity contribution < 1.29 is 28.2 Å². The van der Waals surface area contributed by atoms with Crippen molar-refractivity contribution in [3.8, 4) is 0 Å². The highest BCUT2D eigenvalue weighted by atomic mass is 16.5. The van der Waals surface area contributed by atoms with Crippen LogP contribution in [0.3, 0.4) is 0 Å². The second-order valence-corrected chi connectivity index (χ2v) is 16.0. The van der Waals surface area contributed by atoms with Crippen molar-refractivity contribution in [2.75, 3.05) is 24.7 Å². The number of esters is 2. The number of nitrogens with two attached hydrogens (primary N) is 2. The van der Waals surface area contributed by atoms with Gasteiger partial charge in [-0.05, 0) is 30.5 Å². The first-order valence-corrected chi connectivity index (χ1v) is 22.5. The SMILES string of the molecule is CCCCCCCCCCCCOC(=O)C1=C(C[n+]2cccc(N)c2)NC(C[n+]2cccc(N)c2)=C(C(=O)OCCCCCCCCCCCC)C1c1ccccc1. The van der Waals surface area contributed by atoms with E-state index in [0.29, 0.717) is 60.2 Å². The van der Waals surface area contributed by atoms with Crippen LogP contribution in [0.25, 0.3) is 0 Å². The van der Waals surface area contributed by atoms with Crippen molar-refractivity contribution in [2.24, 2.45) is 0 Å². The van der Waals surface area contributed by atoms with Gasteiger partial charge in [0.1, 0.15) is 0 Å². The number of benzene rings is 1. The Kier molecular flexibility index (Phi) is 21.5. The summed E-state index contributed by atoms with van der Waals surface area (Å²) in [5, 5.41) is 3.57. The minimum absolute atomic E-state index is 0.309. The molecule has 1 aliphatic heterocycles. The second-order valence-electron chi connectivity index (χ2n) is 16.0. The molecule has 4 rings (SSSR count). The lowest BCUT2D eigenvalue weighted by molar-refractivity contribution is -0.691. The Morgan fingerprint density at radius 1 is 0.534 bits per heavy atom. The van der Waals surface area contributed by atoms with Gasteiger partial charge in [-0.1, -0.05) is 160 Å². The highest BCUT2D eigenvalue weighted by molar-refractivity contribution is 6.00. The molecule has 58 heavy (non-hydrogen) atoms. The summed E-state index contributed by atoms with van der Waals surface area (Å²) in [5.74, 6) is -1.60. The molecule has 9 heteroatoms. The molecule has 5 N–H and O–H groups in total. The third-order valence-electron chi connectivity index (χ3n) is 11.0. The first-order chi connectivity index (χ1) is 28.4. The van der Waals surface area contributed by atoms with E-state index in [-0.39, 0.29) is 0 Å².